The van der Waals surface area contributed by atoms with Crippen molar-refractivity contribution in [2.24, 2.45) is 11.8 Å². The van der Waals surface area contributed by atoms with Crippen LogP contribution in [0.4, 0.5) is 18.9 Å². The van der Waals surface area contributed by atoms with E-state index in [-0.39, 0.29) is 11.8 Å². The fourth-order valence-electron chi connectivity index (χ4n) is 3.53. The van der Waals surface area contributed by atoms with Gasteiger partial charge in [-0.3, -0.25) is 0 Å². The van der Waals surface area contributed by atoms with Crippen LogP contribution in [0.15, 0.2) is 24.3 Å². The molecule has 126 valence electrons. The van der Waals surface area contributed by atoms with E-state index in [0.717, 1.165) is 38.0 Å². The summed E-state index contributed by atoms with van der Waals surface area (Å²) in [5.74, 6) is 0.990. The molecule has 0 aromatic heterocycles. The molecule has 2 aliphatic rings. The number of carbonyl (C=O) groups excluding carboxylic acids is 1. The second-order valence-corrected chi connectivity index (χ2v) is 6.09. The molecule has 0 bridgehead atoms. The van der Waals surface area contributed by atoms with Gasteiger partial charge in [0.15, 0.2) is 6.61 Å². The van der Waals surface area contributed by atoms with Crippen LogP contribution in [0.25, 0.3) is 0 Å². The Morgan fingerprint density at radius 2 is 2.00 bits per heavy atom. The summed E-state index contributed by atoms with van der Waals surface area (Å²) < 4.78 is 41.2. The van der Waals surface area contributed by atoms with E-state index >= 15 is 0 Å². The molecule has 4 nitrogen and oxygen atoms in total. The second kappa shape index (κ2) is 6.39. The van der Waals surface area contributed by atoms with Crippen molar-refractivity contribution < 1.29 is 22.7 Å². The van der Waals surface area contributed by atoms with Gasteiger partial charge in [-0.1, -0.05) is 0 Å². The standard InChI is InChI=1S/C16H19F3N2O2/c17-16(18,19)10-23-13-3-1-12(2-4-13)21-6-5-11-7-20-8-14(11)15(21)9-22/h1-4,9,11,14-15,20H,5-8,10H2. The number of alkyl halides is 3. The van der Waals surface area contributed by atoms with Gasteiger partial charge in [-0.15, -0.1) is 0 Å². The topological polar surface area (TPSA) is 41.6 Å². The first-order valence-electron chi connectivity index (χ1n) is 7.70. The summed E-state index contributed by atoms with van der Waals surface area (Å²) in [7, 11) is 0. The predicted octanol–water partition coefficient (Wildman–Crippen LogP) is 2.24. The minimum absolute atomic E-state index is 0.172. The SMILES string of the molecule is O=CC1C2CNCC2CCN1c1ccc(OCC(F)(F)F)cc1. The molecular formula is C16H19F3N2O2. The van der Waals surface area contributed by atoms with Crippen molar-refractivity contribution in [1.29, 1.82) is 0 Å². The van der Waals surface area contributed by atoms with Crippen molar-refractivity contribution in [3.63, 3.8) is 0 Å². The van der Waals surface area contributed by atoms with Crippen LogP contribution in [-0.2, 0) is 4.79 Å². The molecule has 3 rings (SSSR count). The zero-order valence-electron chi connectivity index (χ0n) is 12.6. The molecule has 7 heteroatoms. The third kappa shape index (κ3) is 3.60. The molecule has 2 saturated heterocycles. The van der Waals surface area contributed by atoms with E-state index in [1.807, 2.05) is 4.90 Å². The highest BCUT2D eigenvalue weighted by Crippen LogP contribution is 2.34. The zero-order valence-corrected chi connectivity index (χ0v) is 12.6. The Kier molecular flexibility index (Phi) is 4.48. The van der Waals surface area contributed by atoms with Gasteiger partial charge in [-0.2, -0.15) is 13.2 Å². The number of aldehydes is 1. The van der Waals surface area contributed by atoms with Gasteiger partial charge in [-0.25, -0.2) is 0 Å². The number of halogens is 3. The van der Waals surface area contributed by atoms with Crippen LogP contribution >= 0.6 is 0 Å². The van der Waals surface area contributed by atoms with Crippen LogP contribution in [0.1, 0.15) is 6.42 Å². The van der Waals surface area contributed by atoms with Crippen LogP contribution in [0.3, 0.4) is 0 Å². The fourth-order valence-corrected chi connectivity index (χ4v) is 3.53. The molecule has 1 aromatic carbocycles. The molecule has 2 heterocycles. The van der Waals surface area contributed by atoms with E-state index in [2.05, 4.69) is 5.32 Å². The molecule has 3 atom stereocenters. The molecule has 23 heavy (non-hydrogen) atoms. The van der Waals surface area contributed by atoms with Gasteiger partial charge in [-0.05, 0) is 43.1 Å². The largest absolute Gasteiger partial charge is 0.484 e. The number of piperidine rings is 1. The molecule has 3 unspecified atom stereocenters. The third-order valence-corrected chi connectivity index (χ3v) is 4.64. The van der Waals surface area contributed by atoms with Gasteiger partial charge in [0.1, 0.15) is 12.0 Å². The number of nitrogens with zero attached hydrogens (tertiary/aromatic N) is 1. The molecule has 0 aliphatic carbocycles. The summed E-state index contributed by atoms with van der Waals surface area (Å²) in [6.07, 6.45) is -2.36. The average Bonchev–Trinajstić information content (AvgIpc) is 3.00. The Morgan fingerprint density at radius 3 is 2.65 bits per heavy atom. The zero-order chi connectivity index (χ0) is 16.4. The molecule has 0 saturated carbocycles. The highest BCUT2D eigenvalue weighted by atomic mass is 19.4. The van der Waals surface area contributed by atoms with E-state index in [1.54, 1.807) is 12.1 Å². The summed E-state index contributed by atoms with van der Waals surface area (Å²) in [5, 5.41) is 3.33. The number of ether oxygens (including phenoxy) is 1. The van der Waals surface area contributed by atoms with Crippen molar-refractivity contribution in [3.8, 4) is 5.75 Å². The minimum Gasteiger partial charge on any atom is -0.484 e. The number of fused-ring (bicyclic) bond motifs is 1. The number of benzene rings is 1. The first kappa shape index (κ1) is 16.1. The summed E-state index contributed by atoms with van der Waals surface area (Å²) in [4.78, 5) is 13.6. The lowest BCUT2D eigenvalue weighted by Gasteiger charge is -2.41. The lowest BCUT2D eigenvalue weighted by atomic mass is 9.82. The number of nitrogens with one attached hydrogen (secondary N) is 1. The van der Waals surface area contributed by atoms with Crippen LogP contribution in [0, 0.1) is 11.8 Å². The van der Waals surface area contributed by atoms with Crippen LogP contribution < -0.4 is 15.0 Å². The van der Waals surface area contributed by atoms with Crippen molar-refractivity contribution in [2.45, 2.75) is 18.6 Å². The maximum atomic E-state index is 12.2. The quantitative estimate of drug-likeness (QED) is 0.861. The summed E-state index contributed by atoms with van der Waals surface area (Å²) in [5.41, 5.74) is 0.840. The number of rotatable bonds is 4. The third-order valence-electron chi connectivity index (χ3n) is 4.64. The number of anilines is 1. The minimum atomic E-state index is -4.35. The van der Waals surface area contributed by atoms with Gasteiger partial charge in [0, 0.05) is 24.7 Å². The van der Waals surface area contributed by atoms with Gasteiger partial charge in [0.2, 0.25) is 0 Å². The van der Waals surface area contributed by atoms with Crippen molar-refractivity contribution >= 4 is 12.0 Å². The lowest BCUT2D eigenvalue weighted by Crippen LogP contribution is -2.50. The van der Waals surface area contributed by atoms with Gasteiger partial charge >= 0.3 is 6.18 Å². The van der Waals surface area contributed by atoms with Crippen molar-refractivity contribution in [2.75, 3.05) is 31.1 Å². The van der Waals surface area contributed by atoms with Gasteiger partial charge in [0.05, 0.1) is 6.04 Å². The first-order chi connectivity index (χ1) is 11.0. The number of carbonyl (C=O) groups is 1. The van der Waals surface area contributed by atoms with Crippen LogP contribution in [0.5, 0.6) is 5.75 Å². The second-order valence-electron chi connectivity index (χ2n) is 6.09. The fraction of sp³-hybridized carbons (Fsp3) is 0.562. The van der Waals surface area contributed by atoms with E-state index in [9.17, 15) is 18.0 Å². The van der Waals surface area contributed by atoms with E-state index < -0.39 is 12.8 Å². The summed E-state index contributed by atoms with van der Waals surface area (Å²) in [6.45, 7) is 1.25. The molecule has 0 amide bonds. The Balaban J connectivity index is 1.69. The first-order valence-corrected chi connectivity index (χ1v) is 7.70. The Morgan fingerprint density at radius 1 is 1.26 bits per heavy atom. The molecule has 0 radical (unpaired) electrons. The highest BCUT2D eigenvalue weighted by molar-refractivity contribution is 5.68. The Bertz CT molecular complexity index is 547. The molecular weight excluding hydrogens is 309 g/mol. The molecule has 2 fully saturated rings. The smallest absolute Gasteiger partial charge is 0.422 e. The maximum Gasteiger partial charge on any atom is 0.422 e. The Hall–Kier alpha value is -1.76. The molecule has 0 spiro atoms. The summed E-state index contributed by atoms with van der Waals surface area (Å²) in [6, 6.07) is 6.27. The van der Waals surface area contributed by atoms with E-state index in [1.165, 1.54) is 12.1 Å². The molecule has 1 aromatic rings. The van der Waals surface area contributed by atoms with E-state index in [0.29, 0.717) is 11.8 Å². The Labute approximate surface area is 132 Å². The molecule has 1 N–H and O–H groups in total. The number of hydrogen-bond acceptors (Lipinski definition) is 4. The molecule has 2 aliphatic heterocycles. The monoisotopic (exact) mass is 328 g/mol. The lowest BCUT2D eigenvalue weighted by molar-refractivity contribution is -0.153. The van der Waals surface area contributed by atoms with E-state index in [4.69, 9.17) is 4.74 Å². The maximum absolute atomic E-state index is 12.2. The number of hydrogen-bond donors (Lipinski definition) is 1. The average molecular weight is 328 g/mol. The normalized spacial score (nSPS) is 27.6. The predicted molar refractivity (Wildman–Crippen MR) is 79.7 cm³/mol. The van der Waals surface area contributed by atoms with Crippen molar-refractivity contribution in [3.05, 3.63) is 24.3 Å². The van der Waals surface area contributed by atoms with Crippen LogP contribution in [-0.4, -0.2) is 44.7 Å². The summed E-state index contributed by atoms with van der Waals surface area (Å²) >= 11 is 0. The highest BCUT2D eigenvalue weighted by Gasteiger charge is 2.40. The van der Waals surface area contributed by atoms with Crippen LogP contribution in [0.2, 0.25) is 0 Å². The van der Waals surface area contributed by atoms with Crippen molar-refractivity contribution in [1.82, 2.24) is 5.32 Å². The van der Waals surface area contributed by atoms with Gasteiger partial charge in [0.25, 0.3) is 0 Å². The van der Waals surface area contributed by atoms with Gasteiger partial charge < -0.3 is 19.7 Å².